The molecule has 0 atom stereocenters. The molecule has 0 aliphatic carbocycles. The molecule has 0 saturated carbocycles. The van der Waals surface area contributed by atoms with Crippen molar-refractivity contribution < 1.29 is 18.7 Å². The second-order valence-corrected chi connectivity index (χ2v) is 6.27. The molecule has 0 bridgehead atoms. The highest BCUT2D eigenvalue weighted by molar-refractivity contribution is 7.99. The molecule has 0 saturated heterocycles. The molecule has 2 aromatic rings. The maximum absolute atomic E-state index is 12.8. The number of thioether (sulfide) groups is 1. The lowest BCUT2D eigenvalue weighted by atomic mass is 10.2. The summed E-state index contributed by atoms with van der Waals surface area (Å²) in [4.78, 5) is 13.0. The minimum absolute atomic E-state index is 0.240. The van der Waals surface area contributed by atoms with Gasteiger partial charge in [0, 0.05) is 17.5 Å². The van der Waals surface area contributed by atoms with Crippen molar-refractivity contribution in [3.63, 3.8) is 0 Å². The fourth-order valence-electron chi connectivity index (χ4n) is 2.07. The Labute approximate surface area is 150 Å². The molecule has 0 radical (unpaired) electrons. The number of rotatable bonds is 8. The van der Waals surface area contributed by atoms with E-state index in [9.17, 15) is 9.18 Å². The smallest absolute Gasteiger partial charge is 0.319 e. The predicted molar refractivity (Wildman–Crippen MR) is 98.3 cm³/mol. The van der Waals surface area contributed by atoms with Gasteiger partial charge in [0.05, 0.1) is 19.9 Å². The number of methoxy groups -OCH3 is 2. The van der Waals surface area contributed by atoms with E-state index in [-0.39, 0.29) is 11.8 Å². The van der Waals surface area contributed by atoms with E-state index in [4.69, 9.17) is 9.47 Å². The quantitative estimate of drug-likeness (QED) is 0.546. The normalized spacial score (nSPS) is 10.2. The minimum Gasteiger partial charge on any atom is -0.497 e. The third kappa shape index (κ3) is 6.19. The van der Waals surface area contributed by atoms with E-state index in [1.54, 1.807) is 49.2 Å². The summed E-state index contributed by atoms with van der Waals surface area (Å²) < 4.78 is 23.2. The molecule has 0 fully saturated rings. The van der Waals surface area contributed by atoms with Gasteiger partial charge in [-0.25, -0.2) is 9.18 Å². The molecule has 0 aliphatic rings. The molecule has 2 amide bonds. The first-order valence-corrected chi connectivity index (χ1v) is 8.76. The van der Waals surface area contributed by atoms with Gasteiger partial charge in [0.2, 0.25) is 0 Å². The highest BCUT2D eigenvalue weighted by Crippen LogP contribution is 2.28. The first-order valence-electron chi connectivity index (χ1n) is 7.77. The number of ether oxygens (including phenoxy) is 2. The molecular weight excluding hydrogens is 343 g/mol. The van der Waals surface area contributed by atoms with Gasteiger partial charge in [0.1, 0.15) is 17.3 Å². The Balaban J connectivity index is 1.73. The van der Waals surface area contributed by atoms with Crippen molar-refractivity contribution in [1.29, 1.82) is 0 Å². The second kappa shape index (κ2) is 9.78. The molecular formula is C18H21FN2O3S. The van der Waals surface area contributed by atoms with E-state index in [0.29, 0.717) is 23.7 Å². The third-order valence-electron chi connectivity index (χ3n) is 3.34. The van der Waals surface area contributed by atoms with Crippen molar-refractivity contribution in [1.82, 2.24) is 5.32 Å². The van der Waals surface area contributed by atoms with Gasteiger partial charge >= 0.3 is 6.03 Å². The molecule has 2 N–H and O–H groups in total. The second-order valence-electron chi connectivity index (χ2n) is 5.10. The third-order valence-corrected chi connectivity index (χ3v) is 4.44. The van der Waals surface area contributed by atoms with E-state index in [1.807, 2.05) is 0 Å². The Bertz CT molecular complexity index is 695. The van der Waals surface area contributed by atoms with Gasteiger partial charge in [0.25, 0.3) is 0 Å². The first-order chi connectivity index (χ1) is 12.1. The van der Waals surface area contributed by atoms with E-state index >= 15 is 0 Å². The topological polar surface area (TPSA) is 59.6 Å². The van der Waals surface area contributed by atoms with Crippen LogP contribution in [0.2, 0.25) is 0 Å². The molecule has 7 heteroatoms. The van der Waals surface area contributed by atoms with Crippen LogP contribution in [0.3, 0.4) is 0 Å². The Morgan fingerprint density at radius 2 is 1.88 bits per heavy atom. The number of carbonyl (C=O) groups excluding carboxylic acids is 1. The molecule has 0 aliphatic heterocycles. The van der Waals surface area contributed by atoms with Crippen LogP contribution < -0.4 is 20.1 Å². The van der Waals surface area contributed by atoms with Gasteiger partial charge in [-0.05, 0) is 48.6 Å². The van der Waals surface area contributed by atoms with Crippen molar-refractivity contribution in [2.45, 2.75) is 11.3 Å². The summed E-state index contributed by atoms with van der Waals surface area (Å²) in [6.07, 6.45) is 0.796. The number of hydrogen-bond acceptors (Lipinski definition) is 4. The van der Waals surface area contributed by atoms with Crippen LogP contribution in [0, 0.1) is 5.82 Å². The predicted octanol–water partition coefficient (Wildman–Crippen LogP) is 4.15. The summed E-state index contributed by atoms with van der Waals surface area (Å²) in [7, 11) is 3.10. The average Bonchev–Trinajstić information content (AvgIpc) is 2.63. The number of carbonyl (C=O) groups is 1. The molecule has 0 heterocycles. The number of urea groups is 1. The van der Waals surface area contributed by atoms with E-state index in [1.165, 1.54) is 19.2 Å². The number of halogens is 1. The maximum atomic E-state index is 12.8. The van der Waals surface area contributed by atoms with Gasteiger partial charge in [-0.3, -0.25) is 0 Å². The summed E-state index contributed by atoms with van der Waals surface area (Å²) in [5.41, 5.74) is 0.542. The summed E-state index contributed by atoms with van der Waals surface area (Å²) in [6.45, 7) is 0.534. The molecule has 0 unspecified atom stereocenters. The van der Waals surface area contributed by atoms with Gasteiger partial charge in [-0.2, -0.15) is 0 Å². The van der Waals surface area contributed by atoms with Crippen molar-refractivity contribution in [3.8, 4) is 11.5 Å². The molecule has 2 rings (SSSR count). The van der Waals surface area contributed by atoms with Gasteiger partial charge in [-0.1, -0.05) is 0 Å². The number of amides is 2. The Morgan fingerprint density at radius 1 is 1.12 bits per heavy atom. The van der Waals surface area contributed by atoms with Crippen LogP contribution in [0.5, 0.6) is 11.5 Å². The van der Waals surface area contributed by atoms with Crippen LogP contribution >= 0.6 is 11.8 Å². The van der Waals surface area contributed by atoms with Gasteiger partial charge in [-0.15, -0.1) is 11.8 Å². The standard InChI is InChI=1S/C18H21FN2O3S/c1-23-14-6-9-17(24-2)16(12-14)21-18(22)20-10-3-11-25-15-7-4-13(19)5-8-15/h4-9,12H,3,10-11H2,1-2H3,(H2,20,21,22). The van der Waals surface area contributed by atoms with Crippen LogP contribution in [-0.4, -0.2) is 32.5 Å². The lowest BCUT2D eigenvalue weighted by Crippen LogP contribution is -2.29. The SMILES string of the molecule is COc1ccc(OC)c(NC(=O)NCCCSc2ccc(F)cc2)c1. The highest BCUT2D eigenvalue weighted by Gasteiger charge is 2.08. The fraction of sp³-hybridized carbons (Fsp3) is 0.278. The monoisotopic (exact) mass is 364 g/mol. The molecule has 0 aromatic heterocycles. The first kappa shape index (κ1) is 18.9. The van der Waals surface area contributed by atoms with Gasteiger partial charge in [0.15, 0.2) is 0 Å². The molecule has 2 aromatic carbocycles. The maximum Gasteiger partial charge on any atom is 0.319 e. The summed E-state index contributed by atoms with van der Waals surface area (Å²) in [5.74, 6) is 1.78. The number of benzene rings is 2. The summed E-state index contributed by atoms with van der Waals surface area (Å²) >= 11 is 1.62. The van der Waals surface area contributed by atoms with Gasteiger partial charge < -0.3 is 20.1 Å². The van der Waals surface area contributed by atoms with Crippen LogP contribution in [0.25, 0.3) is 0 Å². The minimum atomic E-state index is -0.307. The van der Waals surface area contributed by atoms with E-state index < -0.39 is 0 Å². The molecule has 0 spiro atoms. The van der Waals surface area contributed by atoms with Crippen LogP contribution in [0.1, 0.15) is 6.42 Å². The Kier molecular flexibility index (Phi) is 7.40. The molecule has 5 nitrogen and oxygen atoms in total. The lowest BCUT2D eigenvalue weighted by Gasteiger charge is -2.12. The zero-order valence-electron chi connectivity index (χ0n) is 14.2. The van der Waals surface area contributed by atoms with E-state index in [0.717, 1.165) is 17.1 Å². The van der Waals surface area contributed by atoms with E-state index in [2.05, 4.69) is 10.6 Å². The fourth-order valence-corrected chi connectivity index (χ4v) is 2.93. The number of nitrogens with one attached hydrogen (secondary N) is 2. The Morgan fingerprint density at radius 3 is 2.56 bits per heavy atom. The van der Waals surface area contributed by atoms with Crippen molar-refractivity contribution in [2.75, 3.05) is 31.8 Å². The van der Waals surface area contributed by atoms with Crippen LogP contribution in [0.15, 0.2) is 47.4 Å². The lowest BCUT2D eigenvalue weighted by molar-refractivity contribution is 0.252. The van der Waals surface area contributed by atoms with Crippen molar-refractivity contribution in [3.05, 3.63) is 48.3 Å². The van der Waals surface area contributed by atoms with Crippen molar-refractivity contribution in [2.24, 2.45) is 0 Å². The molecule has 134 valence electrons. The Hall–Kier alpha value is -2.41. The zero-order valence-corrected chi connectivity index (χ0v) is 15.0. The van der Waals surface area contributed by atoms with Crippen molar-refractivity contribution >= 4 is 23.5 Å². The molecule has 25 heavy (non-hydrogen) atoms. The van der Waals surface area contributed by atoms with Crippen LogP contribution in [0.4, 0.5) is 14.9 Å². The zero-order chi connectivity index (χ0) is 18.1. The summed E-state index contributed by atoms with van der Waals surface area (Å²) in [5, 5.41) is 5.54. The number of hydrogen-bond donors (Lipinski definition) is 2. The van der Waals surface area contributed by atoms with Crippen LogP contribution in [-0.2, 0) is 0 Å². The average molecular weight is 364 g/mol. The highest BCUT2D eigenvalue weighted by atomic mass is 32.2. The summed E-state index contributed by atoms with van der Waals surface area (Å²) in [6, 6.07) is 11.2. The number of anilines is 1. The largest absolute Gasteiger partial charge is 0.497 e.